The molecule has 2 aromatic carbocycles. The minimum absolute atomic E-state index is 0.103. The molecule has 0 radical (unpaired) electrons. The van der Waals surface area contributed by atoms with Gasteiger partial charge in [-0.3, -0.25) is 4.79 Å². The Balaban J connectivity index is 1.18. The van der Waals surface area contributed by atoms with Crippen molar-refractivity contribution in [2.24, 2.45) is 0 Å². The van der Waals surface area contributed by atoms with Crippen molar-refractivity contribution in [1.82, 2.24) is 20.3 Å². The lowest BCUT2D eigenvalue weighted by Gasteiger charge is -2.18. The fourth-order valence-electron chi connectivity index (χ4n) is 4.21. The van der Waals surface area contributed by atoms with E-state index in [0.717, 1.165) is 17.1 Å². The molecule has 1 aromatic heterocycles. The van der Waals surface area contributed by atoms with Gasteiger partial charge in [-0.2, -0.15) is 0 Å². The van der Waals surface area contributed by atoms with E-state index >= 15 is 0 Å². The summed E-state index contributed by atoms with van der Waals surface area (Å²) in [5, 5.41) is 11.5. The minimum Gasteiger partial charge on any atom is -0.487 e. The molecule has 4 atom stereocenters. The summed E-state index contributed by atoms with van der Waals surface area (Å²) in [7, 11) is 3.93. The number of amides is 1. The van der Waals surface area contributed by atoms with Gasteiger partial charge in [-0.25, -0.2) is 4.68 Å². The first-order chi connectivity index (χ1) is 16.1. The zero-order chi connectivity index (χ0) is 22.8. The van der Waals surface area contributed by atoms with Crippen molar-refractivity contribution in [1.29, 1.82) is 0 Å². The summed E-state index contributed by atoms with van der Waals surface area (Å²) in [5.74, 6) is 0.646. The highest BCUT2D eigenvalue weighted by molar-refractivity contribution is 5.94. The Morgan fingerprint density at radius 1 is 1.09 bits per heavy atom. The van der Waals surface area contributed by atoms with Crippen LogP contribution in [0.1, 0.15) is 22.1 Å². The molecule has 1 amide bonds. The Bertz CT molecular complexity index is 1090. The third-order valence-electron chi connectivity index (χ3n) is 6.02. The monoisotopic (exact) mass is 449 g/mol. The molecule has 9 heteroatoms. The molecule has 1 N–H and O–H groups in total. The lowest BCUT2D eigenvalue weighted by atomic mass is 10.1. The largest absolute Gasteiger partial charge is 0.487 e. The lowest BCUT2D eigenvalue weighted by molar-refractivity contribution is 0.0613. The number of para-hydroxylation sites is 1. The van der Waals surface area contributed by atoms with Gasteiger partial charge in [0.2, 0.25) is 0 Å². The molecule has 0 aliphatic carbocycles. The normalized spacial score (nSPS) is 23.8. The maximum atomic E-state index is 12.7. The number of carbonyl (C=O) groups excluding carboxylic acids is 1. The summed E-state index contributed by atoms with van der Waals surface area (Å²) in [6.45, 7) is 1.17. The number of carbonyl (C=O) groups is 1. The molecular formula is C24H27N5O4. The van der Waals surface area contributed by atoms with Crippen molar-refractivity contribution < 1.29 is 19.0 Å². The van der Waals surface area contributed by atoms with E-state index in [2.05, 4.69) is 15.6 Å². The van der Waals surface area contributed by atoms with Crippen LogP contribution in [0.25, 0.3) is 0 Å². The molecule has 2 aliphatic rings. The summed E-state index contributed by atoms with van der Waals surface area (Å²) >= 11 is 0. The molecular weight excluding hydrogens is 422 g/mol. The lowest BCUT2D eigenvalue weighted by Crippen LogP contribution is -2.44. The number of fused-ring (bicyclic) bond motifs is 1. The van der Waals surface area contributed by atoms with Crippen molar-refractivity contribution in [3.8, 4) is 5.75 Å². The molecule has 0 unspecified atom stereocenters. The van der Waals surface area contributed by atoms with Crippen LogP contribution in [0.15, 0.2) is 60.8 Å². The van der Waals surface area contributed by atoms with Gasteiger partial charge in [0.15, 0.2) is 0 Å². The van der Waals surface area contributed by atoms with Crippen LogP contribution < -0.4 is 15.0 Å². The van der Waals surface area contributed by atoms with E-state index < -0.39 is 0 Å². The summed E-state index contributed by atoms with van der Waals surface area (Å²) in [6, 6.07) is 16.8. The Labute approximate surface area is 192 Å². The van der Waals surface area contributed by atoms with Crippen LogP contribution in [0.5, 0.6) is 5.75 Å². The Morgan fingerprint density at radius 2 is 1.85 bits per heavy atom. The molecule has 172 valence electrons. The molecule has 3 heterocycles. The molecule has 0 bridgehead atoms. The van der Waals surface area contributed by atoms with Gasteiger partial charge >= 0.3 is 0 Å². The quantitative estimate of drug-likeness (QED) is 0.590. The fraction of sp³-hybridized carbons (Fsp3) is 0.375. The number of rotatable bonds is 7. The van der Waals surface area contributed by atoms with Crippen LogP contribution >= 0.6 is 0 Å². The molecule has 2 fully saturated rings. The van der Waals surface area contributed by atoms with Gasteiger partial charge in [-0.1, -0.05) is 23.4 Å². The summed E-state index contributed by atoms with van der Waals surface area (Å²) in [6.07, 6.45) is 1.44. The van der Waals surface area contributed by atoms with Crippen molar-refractivity contribution >= 4 is 11.6 Å². The number of hydrogen-bond donors (Lipinski definition) is 1. The highest BCUT2D eigenvalue weighted by Crippen LogP contribution is 2.34. The molecule has 3 aromatic rings. The second-order valence-electron chi connectivity index (χ2n) is 8.48. The first kappa shape index (κ1) is 21.4. The number of nitrogens with zero attached hydrogens (tertiary/aromatic N) is 4. The van der Waals surface area contributed by atoms with Crippen molar-refractivity contribution in [2.45, 2.75) is 30.9 Å². The van der Waals surface area contributed by atoms with Crippen molar-refractivity contribution in [3.63, 3.8) is 0 Å². The fourth-order valence-corrected chi connectivity index (χ4v) is 4.21. The average Bonchev–Trinajstić information content (AvgIpc) is 3.56. The zero-order valence-corrected chi connectivity index (χ0v) is 18.6. The van der Waals surface area contributed by atoms with Gasteiger partial charge in [-0.05, 0) is 36.4 Å². The Kier molecular flexibility index (Phi) is 5.97. The summed E-state index contributed by atoms with van der Waals surface area (Å²) in [5.41, 5.74) is 2.38. The highest BCUT2D eigenvalue weighted by atomic mass is 16.6. The maximum absolute atomic E-state index is 12.7. The maximum Gasteiger partial charge on any atom is 0.251 e. The van der Waals surface area contributed by atoms with Gasteiger partial charge < -0.3 is 24.4 Å². The second kappa shape index (κ2) is 9.21. The molecule has 0 spiro atoms. The van der Waals surface area contributed by atoms with E-state index in [0.29, 0.717) is 25.4 Å². The standard InChI is InChI=1S/C24H27N5O4/c1-28(2)18-10-8-16(9-11-18)24(30)25-20-14-32-23-21(15-33-22(20)23)29-12-17(26-27-29)13-31-19-6-4-3-5-7-19/h3-12,20-23H,13-15H2,1-2H3,(H,25,30)/t20-,21-,22+,23+/m0/s1. The molecule has 9 nitrogen and oxygen atoms in total. The number of aromatic nitrogens is 3. The number of anilines is 1. The van der Waals surface area contributed by atoms with Crippen LogP contribution in [0.3, 0.4) is 0 Å². The van der Waals surface area contributed by atoms with Crippen LogP contribution in [-0.2, 0) is 16.1 Å². The Hall–Kier alpha value is -3.43. The first-order valence-electron chi connectivity index (χ1n) is 11.0. The van der Waals surface area contributed by atoms with E-state index in [1.807, 2.05) is 79.8 Å². The smallest absolute Gasteiger partial charge is 0.251 e. The SMILES string of the molecule is CN(C)c1ccc(C(=O)N[C@H]2CO[C@H]3[C@@H]2OC[C@@H]3n2cc(COc3ccccc3)nn2)cc1. The van der Waals surface area contributed by atoms with E-state index in [-0.39, 0.29) is 30.2 Å². The third-order valence-corrected chi connectivity index (χ3v) is 6.02. The molecule has 0 saturated carbocycles. The number of hydrogen-bond acceptors (Lipinski definition) is 7. The predicted molar refractivity (Wildman–Crippen MR) is 121 cm³/mol. The van der Waals surface area contributed by atoms with Crippen LogP contribution in [0.2, 0.25) is 0 Å². The Morgan fingerprint density at radius 3 is 2.61 bits per heavy atom. The van der Waals surface area contributed by atoms with Gasteiger partial charge in [0, 0.05) is 25.3 Å². The van der Waals surface area contributed by atoms with Gasteiger partial charge in [0.1, 0.15) is 36.3 Å². The predicted octanol–water partition coefficient (Wildman–Crippen LogP) is 2.06. The van der Waals surface area contributed by atoms with Crippen LogP contribution in [0, 0.1) is 0 Å². The van der Waals surface area contributed by atoms with Crippen molar-refractivity contribution in [2.75, 3.05) is 32.2 Å². The second-order valence-corrected chi connectivity index (χ2v) is 8.48. The minimum atomic E-state index is -0.229. The van der Waals surface area contributed by atoms with E-state index in [1.54, 1.807) is 4.68 Å². The summed E-state index contributed by atoms with van der Waals surface area (Å²) in [4.78, 5) is 14.7. The zero-order valence-electron chi connectivity index (χ0n) is 18.6. The van der Waals surface area contributed by atoms with E-state index in [9.17, 15) is 4.79 Å². The van der Waals surface area contributed by atoms with Gasteiger partial charge in [-0.15, -0.1) is 5.10 Å². The molecule has 5 rings (SSSR count). The molecule has 2 saturated heterocycles. The first-order valence-corrected chi connectivity index (χ1v) is 11.0. The number of ether oxygens (including phenoxy) is 3. The average molecular weight is 450 g/mol. The number of benzene rings is 2. The van der Waals surface area contributed by atoms with E-state index in [1.165, 1.54) is 0 Å². The van der Waals surface area contributed by atoms with Gasteiger partial charge in [0.25, 0.3) is 5.91 Å². The topological polar surface area (TPSA) is 90.7 Å². The summed E-state index contributed by atoms with van der Waals surface area (Å²) < 4.78 is 19.6. The molecule has 33 heavy (non-hydrogen) atoms. The molecule has 2 aliphatic heterocycles. The van der Waals surface area contributed by atoms with Crippen molar-refractivity contribution in [3.05, 3.63) is 72.1 Å². The van der Waals surface area contributed by atoms with Crippen LogP contribution in [0.4, 0.5) is 5.69 Å². The van der Waals surface area contributed by atoms with Gasteiger partial charge in [0.05, 0.1) is 25.5 Å². The highest BCUT2D eigenvalue weighted by Gasteiger charge is 2.49. The van der Waals surface area contributed by atoms with Crippen LogP contribution in [-0.4, -0.2) is 66.5 Å². The third kappa shape index (κ3) is 4.55. The number of nitrogens with one attached hydrogen (secondary N) is 1. The van der Waals surface area contributed by atoms with E-state index in [4.69, 9.17) is 14.2 Å².